The van der Waals surface area contributed by atoms with Gasteiger partial charge in [-0.1, -0.05) is 30.8 Å². The Hall–Kier alpha value is -3.30. The summed E-state index contributed by atoms with van der Waals surface area (Å²) in [5.74, 6) is 1.04. The van der Waals surface area contributed by atoms with Gasteiger partial charge in [-0.15, -0.1) is 0 Å². The number of ketones is 1. The molecule has 1 aromatic carbocycles. The maximum atomic E-state index is 12.7. The van der Waals surface area contributed by atoms with Crippen molar-refractivity contribution in [1.82, 2.24) is 24.7 Å². The van der Waals surface area contributed by atoms with Gasteiger partial charge in [0, 0.05) is 56.7 Å². The molecule has 1 aliphatic carbocycles. The van der Waals surface area contributed by atoms with Crippen LogP contribution in [0.1, 0.15) is 60.5 Å². The zero-order chi connectivity index (χ0) is 27.4. The van der Waals surface area contributed by atoms with Gasteiger partial charge in [0.05, 0.1) is 17.8 Å². The number of Topliss-reactive ketones (excluding diaryl/α,β-unsaturated/α-hetero) is 1. The minimum atomic E-state index is -0.174. The Kier molecular flexibility index (Phi) is 6.59. The van der Waals surface area contributed by atoms with E-state index in [1.807, 2.05) is 4.90 Å². The summed E-state index contributed by atoms with van der Waals surface area (Å²) < 4.78 is 6.28. The van der Waals surface area contributed by atoms with Crippen LogP contribution in [0.3, 0.4) is 0 Å². The summed E-state index contributed by atoms with van der Waals surface area (Å²) in [6.07, 6.45) is 6.66. The van der Waals surface area contributed by atoms with Gasteiger partial charge in [-0.25, -0.2) is 0 Å². The van der Waals surface area contributed by atoms with Crippen LogP contribution in [0, 0.1) is 0 Å². The zero-order valence-corrected chi connectivity index (χ0v) is 23.3. The van der Waals surface area contributed by atoms with Gasteiger partial charge in [0.15, 0.2) is 0 Å². The van der Waals surface area contributed by atoms with Crippen LogP contribution >= 0.6 is 0 Å². The average molecular weight is 543 g/mol. The van der Waals surface area contributed by atoms with E-state index in [4.69, 9.17) is 14.7 Å². The van der Waals surface area contributed by atoms with E-state index in [2.05, 4.69) is 52.6 Å². The van der Waals surface area contributed by atoms with E-state index in [1.165, 1.54) is 23.6 Å². The number of piperazine rings is 1. The Morgan fingerprint density at radius 3 is 2.67 bits per heavy atom. The maximum Gasteiger partial charge on any atom is 0.318 e. The molecule has 0 radical (unpaired) electrons. The van der Waals surface area contributed by atoms with Crippen molar-refractivity contribution in [2.45, 2.75) is 75.8 Å². The Bertz CT molecular complexity index is 1330. The lowest BCUT2D eigenvalue weighted by Crippen LogP contribution is -2.64. The van der Waals surface area contributed by atoms with Gasteiger partial charge in [0.25, 0.3) is 0 Å². The van der Waals surface area contributed by atoms with Crippen LogP contribution < -0.4 is 9.64 Å². The van der Waals surface area contributed by atoms with Gasteiger partial charge in [0.2, 0.25) is 5.91 Å². The number of piperidine rings is 1. The number of benzene rings is 1. The molecule has 3 unspecified atom stereocenters. The molecule has 4 atom stereocenters. The molecule has 3 saturated heterocycles. The number of rotatable bonds is 6. The van der Waals surface area contributed by atoms with Crippen molar-refractivity contribution in [3.05, 3.63) is 59.3 Å². The molecule has 1 amide bonds. The largest absolute Gasteiger partial charge is 0.462 e. The third-order valence-electron chi connectivity index (χ3n) is 9.69. The van der Waals surface area contributed by atoms with Crippen molar-refractivity contribution in [3.8, 4) is 6.01 Å². The molecule has 5 aliphatic rings. The molecule has 2 aromatic rings. The number of carbonyl (C=O) groups excluding carboxylic acids is 2. The Labute approximate surface area is 235 Å². The molecule has 0 spiro atoms. The second-order valence-electron chi connectivity index (χ2n) is 12.1. The van der Waals surface area contributed by atoms with Gasteiger partial charge < -0.3 is 19.4 Å². The summed E-state index contributed by atoms with van der Waals surface area (Å²) >= 11 is 0. The number of anilines is 1. The predicted molar refractivity (Wildman–Crippen MR) is 151 cm³/mol. The van der Waals surface area contributed by atoms with Crippen molar-refractivity contribution < 1.29 is 14.3 Å². The molecule has 0 N–H and O–H groups in total. The lowest BCUT2D eigenvalue weighted by atomic mass is 9.90. The summed E-state index contributed by atoms with van der Waals surface area (Å²) in [6.45, 7) is 8.07. The number of likely N-dealkylation sites (tertiary alicyclic amines) is 1. The van der Waals surface area contributed by atoms with Gasteiger partial charge in [-0.3, -0.25) is 14.5 Å². The number of ether oxygens (including phenoxy) is 1. The second kappa shape index (κ2) is 10.3. The lowest BCUT2D eigenvalue weighted by molar-refractivity contribution is -0.138. The number of aromatic nitrogens is 2. The monoisotopic (exact) mass is 542 g/mol. The summed E-state index contributed by atoms with van der Waals surface area (Å²) in [4.78, 5) is 44.3. The molecule has 9 nitrogen and oxygen atoms in total. The van der Waals surface area contributed by atoms with Crippen molar-refractivity contribution in [3.63, 3.8) is 0 Å². The fourth-order valence-electron chi connectivity index (χ4n) is 7.69. The normalized spacial score (nSPS) is 28.1. The number of amides is 1. The van der Waals surface area contributed by atoms with Gasteiger partial charge in [0.1, 0.15) is 18.2 Å². The number of hydrogen-bond donors (Lipinski definition) is 0. The Balaban J connectivity index is 1.20. The first-order valence-electron chi connectivity index (χ1n) is 14.7. The first-order valence-corrected chi connectivity index (χ1v) is 14.7. The SMILES string of the molecule is C=CC(=O)N1C2CC(=O)CC1CN(c1nc(OC[C@@H]3CCCN3C)nc3c1CN(C1CCc4ccccc41)C3)C2. The van der Waals surface area contributed by atoms with E-state index < -0.39 is 0 Å². The van der Waals surface area contributed by atoms with Crippen molar-refractivity contribution in [2.75, 3.05) is 38.2 Å². The van der Waals surface area contributed by atoms with Crippen molar-refractivity contribution >= 4 is 17.5 Å². The van der Waals surface area contributed by atoms with Crippen LogP contribution in [0.25, 0.3) is 0 Å². The summed E-state index contributed by atoms with van der Waals surface area (Å²) in [5, 5.41) is 0. The number of aryl methyl sites for hydroxylation is 1. The van der Waals surface area contributed by atoms with Crippen LogP contribution in [0.2, 0.25) is 0 Å². The molecule has 1 aromatic heterocycles. The first-order chi connectivity index (χ1) is 19.5. The molecule has 4 aliphatic heterocycles. The highest BCUT2D eigenvalue weighted by molar-refractivity contribution is 5.91. The van der Waals surface area contributed by atoms with Crippen LogP contribution in [0.4, 0.5) is 5.82 Å². The fourth-order valence-corrected chi connectivity index (χ4v) is 7.69. The molecular weight excluding hydrogens is 504 g/mol. The third kappa shape index (κ3) is 4.49. The number of hydrogen-bond acceptors (Lipinski definition) is 8. The Morgan fingerprint density at radius 2 is 1.93 bits per heavy atom. The average Bonchev–Trinajstić information content (AvgIpc) is 3.68. The van der Waals surface area contributed by atoms with Crippen molar-refractivity contribution in [2.24, 2.45) is 0 Å². The summed E-state index contributed by atoms with van der Waals surface area (Å²) in [7, 11) is 2.15. The predicted octanol–water partition coefficient (Wildman–Crippen LogP) is 2.89. The summed E-state index contributed by atoms with van der Waals surface area (Å²) in [5.41, 5.74) is 5.06. The molecule has 3 fully saturated rings. The van der Waals surface area contributed by atoms with Gasteiger partial charge in [-0.05, 0) is 56.5 Å². The topological polar surface area (TPSA) is 82.1 Å². The van der Waals surface area contributed by atoms with Crippen LogP contribution in [0.5, 0.6) is 6.01 Å². The summed E-state index contributed by atoms with van der Waals surface area (Å²) in [6, 6.07) is 9.63. The highest BCUT2D eigenvalue weighted by Crippen LogP contribution is 2.42. The van der Waals surface area contributed by atoms with E-state index in [0.29, 0.717) is 50.6 Å². The quantitative estimate of drug-likeness (QED) is 0.516. The standard InChI is InChI=1S/C31H38N6O3/c1-3-29(39)37-22-13-24(38)14-23(37)16-36(15-22)30-26-17-35(28-11-10-20-7-4-5-9-25(20)28)18-27(26)32-31(33-30)40-19-21-8-6-12-34(21)2/h3-5,7,9,21-23,28H,1,6,8,10-19H2,2H3/t21-,22?,23?,28?/m0/s1. The smallest absolute Gasteiger partial charge is 0.318 e. The molecule has 5 heterocycles. The van der Waals surface area contributed by atoms with E-state index in [1.54, 1.807) is 0 Å². The number of nitrogens with zero attached hydrogens (tertiary/aromatic N) is 6. The number of likely N-dealkylation sites (N-methyl/N-ethyl adjacent to an activating group) is 1. The van der Waals surface area contributed by atoms with E-state index in [9.17, 15) is 9.59 Å². The van der Waals surface area contributed by atoms with Crippen LogP contribution in [0.15, 0.2) is 36.9 Å². The highest BCUT2D eigenvalue weighted by atomic mass is 16.5. The molecule has 0 saturated carbocycles. The minimum absolute atomic E-state index is 0.0918. The molecular formula is C31H38N6O3. The van der Waals surface area contributed by atoms with E-state index >= 15 is 0 Å². The number of carbonyl (C=O) groups is 2. The molecule has 40 heavy (non-hydrogen) atoms. The van der Waals surface area contributed by atoms with E-state index in [0.717, 1.165) is 56.0 Å². The fraction of sp³-hybridized carbons (Fsp3) is 0.548. The Morgan fingerprint density at radius 1 is 1.12 bits per heavy atom. The lowest BCUT2D eigenvalue weighted by Gasteiger charge is -2.49. The second-order valence-corrected chi connectivity index (χ2v) is 12.1. The highest BCUT2D eigenvalue weighted by Gasteiger charge is 2.44. The number of fused-ring (bicyclic) bond motifs is 4. The van der Waals surface area contributed by atoms with Crippen molar-refractivity contribution in [1.29, 1.82) is 0 Å². The zero-order valence-electron chi connectivity index (χ0n) is 23.3. The third-order valence-corrected chi connectivity index (χ3v) is 9.69. The van der Waals surface area contributed by atoms with Crippen LogP contribution in [-0.4, -0.2) is 87.8 Å². The molecule has 210 valence electrons. The molecule has 2 bridgehead atoms. The molecule has 7 rings (SSSR count). The first kappa shape index (κ1) is 25.7. The minimum Gasteiger partial charge on any atom is -0.462 e. The maximum absolute atomic E-state index is 12.7. The van der Waals surface area contributed by atoms with E-state index in [-0.39, 0.29) is 23.8 Å². The van der Waals surface area contributed by atoms with Gasteiger partial charge >= 0.3 is 6.01 Å². The molecule has 9 heteroatoms. The van der Waals surface area contributed by atoms with Gasteiger partial charge in [-0.2, -0.15) is 9.97 Å². The van der Waals surface area contributed by atoms with Crippen LogP contribution in [-0.2, 0) is 29.1 Å².